The molecule has 0 aliphatic carbocycles. The fourth-order valence-corrected chi connectivity index (χ4v) is 5.70. The molecular weight excluding hydrogens is 386 g/mol. The number of carbonyl (C=O) groups excluding carboxylic acids is 1. The van der Waals surface area contributed by atoms with Gasteiger partial charge in [0.15, 0.2) is 0 Å². The molecule has 2 aromatic heterocycles. The summed E-state index contributed by atoms with van der Waals surface area (Å²) in [6.45, 7) is 6.62. The number of likely N-dealkylation sites (tertiary alicyclic amines) is 1. The number of likely N-dealkylation sites (N-methyl/N-ethyl adjacent to an activating group) is 1. The number of hydrogen-bond acceptors (Lipinski definition) is 6. The van der Waals surface area contributed by atoms with Crippen molar-refractivity contribution in [1.29, 1.82) is 0 Å². The molecule has 0 saturated carbocycles. The standard InChI is InChI=1S/C21H27N5O2S/c1-23-5-7-25(8-6-23)20(27)17-2-3-18-16-10-15(12-26(18)21(17)28)11-24(13-16)14-19-22-4-9-29-19/h2-4,9,15-16H,5-8,10-14H2,1H3/t15-,16+/m0/s1. The van der Waals surface area contributed by atoms with E-state index in [0.717, 1.165) is 49.8 Å². The van der Waals surface area contributed by atoms with E-state index in [1.54, 1.807) is 17.4 Å². The topological polar surface area (TPSA) is 61.7 Å². The molecule has 3 aliphatic rings. The van der Waals surface area contributed by atoms with Gasteiger partial charge in [-0.2, -0.15) is 0 Å². The lowest BCUT2D eigenvalue weighted by Gasteiger charge is -2.42. The molecule has 2 bridgehead atoms. The number of fused-ring (bicyclic) bond motifs is 4. The second-order valence-electron chi connectivity index (χ2n) is 8.60. The molecule has 154 valence electrons. The lowest BCUT2D eigenvalue weighted by atomic mass is 9.83. The molecule has 0 radical (unpaired) electrons. The Balaban J connectivity index is 1.37. The minimum absolute atomic E-state index is 0.102. The van der Waals surface area contributed by atoms with Crippen LogP contribution in [-0.4, -0.2) is 76.5 Å². The number of piperidine rings is 1. The molecule has 2 aromatic rings. The largest absolute Gasteiger partial charge is 0.336 e. The normalized spacial score (nSPS) is 25.1. The van der Waals surface area contributed by atoms with Crippen LogP contribution in [0.5, 0.6) is 0 Å². The predicted octanol–water partition coefficient (Wildman–Crippen LogP) is 1.31. The molecule has 0 spiro atoms. The fourth-order valence-electron chi connectivity index (χ4n) is 5.04. The highest BCUT2D eigenvalue weighted by Crippen LogP contribution is 2.35. The molecule has 29 heavy (non-hydrogen) atoms. The third-order valence-corrected chi connectivity index (χ3v) is 7.31. The Morgan fingerprint density at radius 3 is 2.76 bits per heavy atom. The molecule has 7 nitrogen and oxygen atoms in total. The number of amides is 1. The third-order valence-electron chi connectivity index (χ3n) is 6.54. The van der Waals surface area contributed by atoms with E-state index in [1.807, 2.05) is 27.1 Å². The summed E-state index contributed by atoms with van der Waals surface area (Å²) in [6, 6.07) is 3.80. The first-order chi connectivity index (χ1) is 14.1. The number of thiazole rings is 1. The zero-order valence-corrected chi connectivity index (χ0v) is 17.6. The van der Waals surface area contributed by atoms with E-state index >= 15 is 0 Å². The van der Waals surface area contributed by atoms with Crippen LogP contribution < -0.4 is 5.56 Å². The number of hydrogen-bond donors (Lipinski definition) is 0. The Morgan fingerprint density at radius 2 is 2.00 bits per heavy atom. The van der Waals surface area contributed by atoms with Crippen molar-refractivity contribution in [2.24, 2.45) is 5.92 Å². The molecule has 5 heterocycles. The highest BCUT2D eigenvalue weighted by Gasteiger charge is 2.36. The van der Waals surface area contributed by atoms with Crippen molar-refractivity contribution >= 4 is 17.2 Å². The highest BCUT2D eigenvalue weighted by atomic mass is 32.1. The van der Waals surface area contributed by atoms with Crippen molar-refractivity contribution in [3.63, 3.8) is 0 Å². The van der Waals surface area contributed by atoms with Crippen molar-refractivity contribution in [3.8, 4) is 0 Å². The van der Waals surface area contributed by atoms with Crippen molar-refractivity contribution in [2.75, 3.05) is 46.3 Å². The fraction of sp³-hybridized carbons (Fsp3) is 0.571. The van der Waals surface area contributed by atoms with Crippen LogP contribution in [0.1, 0.15) is 33.4 Å². The lowest BCUT2D eigenvalue weighted by molar-refractivity contribution is 0.0659. The van der Waals surface area contributed by atoms with Gasteiger partial charge in [0.1, 0.15) is 10.6 Å². The number of rotatable bonds is 3. The van der Waals surface area contributed by atoms with E-state index < -0.39 is 0 Å². The minimum Gasteiger partial charge on any atom is -0.336 e. The number of piperazine rings is 1. The monoisotopic (exact) mass is 413 g/mol. The van der Waals surface area contributed by atoms with Gasteiger partial charge in [-0.1, -0.05) is 0 Å². The summed E-state index contributed by atoms with van der Waals surface area (Å²) in [5, 5.41) is 3.17. The van der Waals surface area contributed by atoms with Gasteiger partial charge in [-0.15, -0.1) is 11.3 Å². The first kappa shape index (κ1) is 19.0. The molecule has 3 aliphatic heterocycles. The number of aromatic nitrogens is 2. The molecular formula is C21H27N5O2S. The van der Waals surface area contributed by atoms with Crippen molar-refractivity contribution in [2.45, 2.75) is 25.4 Å². The van der Waals surface area contributed by atoms with Gasteiger partial charge in [-0.25, -0.2) is 4.98 Å². The summed E-state index contributed by atoms with van der Waals surface area (Å²) in [6.07, 6.45) is 2.98. The zero-order chi connectivity index (χ0) is 20.0. The Bertz CT molecular complexity index is 948. The van der Waals surface area contributed by atoms with E-state index in [9.17, 15) is 9.59 Å². The maximum absolute atomic E-state index is 13.2. The first-order valence-electron chi connectivity index (χ1n) is 10.4. The molecule has 5 rings (SSSR count). The quantitative estimate of drug-likeness (QED) is 0.759. The molecule has 0 unspecified atom stereocenters. The maximum Gasteiger partial charge on any atom is 0.263 e. The van der Waals surface area contributed by atoms with Crippen LogP contribution in [0.25, 0.3) is 0 Å². The first-order valence-corrected chi connectivity index (χ1v) is 11.3. The third kappa shape index (κ3) is 3.65. The summed E-state index contributed by atoms with van der Waals surface area (Å²) in [7, 11) is 2.06. The van der Waals surface area contributed by atoms with Crippen LogP contribution >= 0.6 is 11.3 Å². The second-order valence-corrected chi connectivity index (χ2v) is 9.58. The smallest absolute Gasteiger partial charge is 0.263 e. The van der Waals surface area contributed by atoms with Gasteiger partial charge < -0.3 is 14.4 Å². The lowest BCUT2D eigenvalue weighted by Crippen LogP contribution is -2.50. The van der Waals surface area contributed by atoms with Gasteiger partial charge in [0.05, 0.1) is 6.54 Å². The summed E-state index contributed by atoms with van der Waals surface area (Å²) >= 11 is 1.70. The molecule has 2 atom stereocenters. The predicted molar refractivity (Wildman–Crippen MR) is 112 cm³/mol. The van der Waals surface area contributed by atoms with Crippen LogP contribution in [-0.2, 0) is 13.1 Å². The van der Waals surface area contributed by atoms with Crippen molar-refractivity contribution < 1.29 is 4.79 Å². The van der Waals surface area contributed by atoms with Crippen LogP contribution in [0, 0.1) is 5.92 Å². The van der Waals surface area contributed by atoms with E-state index in [-0.39, 0.29) is 11.5 Å². The number of carbonyl (C=O) groups is 1. The average molecular weight is 414 g/mol. The van der Waals surface area contributed by atoms with Crippen LogP contribution in [0.3, 0.4) is 0 Å². The summed E-state index contributed by atoms with van der Waals surface area (Å²) in [5.74, 6) is 0.690. The van der Waals surface area contributed by atoms with E-state index in [4.69, 9.17) is 0 Å². The Morgan fingerprint density at radius 1 is 1.17 bits per heavy atom. The molecule has 0 aromatic carbocycles. The van der Waals surface area contributed by atoms with Gasteiger partial charge >= 0.3 is 0 Å². The van der Waals surface area contributed by atoms with Gasteiger partial charge in [0, 0.05) is 69.0 Å². The van der Waals surface area contributed by atoms with Crippen molar-refractivity contribution in [1.82, 2.24) is 24.3 Å². The Hall–Kier alpha value is -2.03. The second kappa shape index (κ2) is 7.66. The zero-order valence-electron chi connectivity index (χ0n) is 16.8. The van der Waals surface area contributed by atoms with E-state index in [2.05, 4.69) is 21.8 Å². The SMILES string of the molecule is CN1CCN(C(=O)c2ccc3n(c2=O)C[C@H]2C[C@@H]3CN(Cc3nccs3)C2)CC1. The van der Waals surface area contributed by atoms with Crippen LogP contribution in [0.4, 0.5) is 0 Å². The summed E-state index contributed by atoms with van der Waals surface area (Å²) < 4.78 is 1.89. The molecule has 2 fully saturated rings. The summed E-state index contributed by atoms with van der Waals surface area (Å²) in [5.41, 5.74) is 1.32. The van der Waals surface area contributed by atoms with Crippen molar-refractivity contribution in [3.05, 3.63) is 50.3 Å². The molecule has 0 N–H and O–H groups in total. The minimum atomic E-state index is -0.112. The van der Waals surface area contributed by atoms with Gasteiger partial charge in [-0.3, -0.25) is 14.5 Å². The van der Waals surface area contributed by atoms with Gasteiger partial charge in [-0.05, 0) is 31.5 Å². The summed E-state index contributed by atoms with van der Waals surface area (Å²) in [4.78, 5) is 37.1. The number of nitrogens with zero attached hydrogens (tertiary/aromatic N) is 5. The van der Waals surface area contributed by atoms with Gasteiger partial charge in [0.2, 0.25) is 0 Å². The maximum atomic E-state index is 13.2. The van der Waals surface area contributed by atoms with Crippen LogP contribution in [0.2, 0.25) is 0 Å². The molecule has 2 saturated heterocycles. The van der Waals surface area contributed by atoms with E-state index in [0.29, 0.717) is 37.0 Å². The van der Waals surface area contributed by atoms with E-state index in [1.165, 1.54) is 0 Å². The number of pyridine rings is 1. The van der Waals surface area contributed by atoms with Crippen LogP contribution in [0.15, 0.2) is 28.5 Å². The highest BCUT2D eigenvalue weighted by molar-refractivity contribution is 7.09. The molecule has 8 heteroatoms. The Kier molecular flexibility index (Phi) is 5.01. The molecule has 1 amide bonds. The average Bonchev–Trinajstić information content (AvgIpc) is 3.22. The Labute approximate surface area is 174 Å². The van der Waals surface area contributed by atoms with Gasteiger partial charge in [0.25, 0.3) is 11.5 Å².